The van der Waals surface area contributed by atoms with Gasteiger partial charge in [0.15, 0.2) is 0 Å². The van der Waals surface area contributed by atoms with Gasteiger partial charge in [-0.2, -0.15) is 0 Å². The fourth-order valence-electron chi connectivity index (χ4n) is 2.59. The summed E-state index contributed by atoms with van der Waals surface area (Å²) < 4.78 is 9.85. The SMILES string of the molecule is CC(=O)OC/C(C)=C\CC/C(=C\CC/C(=C\CCc1ccoc1)C(=O)O)C(=O)O. The van der Waals surface area contributed by atoms with Crippen LogP contribution < -0.4 is 0 Å². The Hall–Kier alpha value is -3.09. The summed E-state index contributed by atoms with van der Waals surface area (Å²) in [6, 6.07) is 1.83. The number of hydrogen-bond donors (Lipinski definition) is 2. The number of carbonyl (C=O) groups is 3. The average Bonchev–Trinajstić information content (AvgIpc) is 3.16. The lowest BCUT2D eigenvalue weighted by molar-refractivity contribution is -0.140. The molecule has 7 nitrogen and oxygen atoms in total. The molecule has 1 rings (SSSR count). The zero-order valence-corrected chi connectivity index (χ0v) is 16.8. The molecule has 2 N–H and O–H groups in total. The number of ether oxygens (including phenoxy) is 1. The highest BCUT2D eigenvalue weighted by molar-refractivity contribution is 5.87. The molecule has 0 radical (unpaired) electrons. The fraction of sp³-hybridized carbons (Fsp3) is 0.409. The number of aliphatic carboxylic acids is 2. The molecule has 1 heterocycles. The molecule has 29 heavy (non-hydrogen) atoms. The van der Waals surface area contributed by atoms with Crippen LogP contribution in [0.2, 0.25) is 0 Å². The molecule has 0 atom stereocenters. The van der Waals surface area contributed by atoms with Crippen molar-refractivity contribution in [1.82, 2.24) is 0 Å². The zero-order valence-electron chi connectivity index (χ0n) is 16.8. The molecule has 7 heteroatoms. The van der Waals surface area contributed by atoms with Crippen LogP contribution in [-0.2, 0) is 25.5 Å². The Kier molecular flexibility index (Phi) is 10.9. The number of carbonyl (C=O) groups excluding carboxylic acids is 1. The summed E-state index contributed by atoms with van der Waals surface area (Å²) in [7, 11) is 0. The van der Waals surface area contributed by atoms with Crippen molar-refractivity contribution in [2.75, 3.05) is 6.61 Å². The van der Waals surface area contributed by atoms with Gasteiger partial charge in [-0.05, 0) is 62.7 Å². The van der Waals surface area contributed by atoms with Crippen LogP contribution in [0, 0.1) is 0 Å². The molecule has 0 unspecified atom stereocenters. The first-order valence-corrected chi connectivity index (χ1v) is 9.44. The minimum atomic E-state index is -1.02. The summed E-state index contributed by atoms with van der Waals surface area (Å²) in [5.74, 6) is -2.38. The maximum absolute atomic E-state index is 11.4. The minimum Gasteiger partial charge on any atom is -0.478 e. The zero-order chi connectivity index (χ0) is 21.6. The van der Waals surface area contributed by atoms with Crippen molar-refractivity contribution in [3.8, 4) is 0 Å². The second-order valence-corrected chi connectivity index (χ2v) is 6.65. The van der Waals surface area contributed by atoms with Gasteiger partial charge in [0.2, 0.25) is 0 Å². The van der Waals surface area contributed by atoms with E-state index in [0.717, 1.165) is 11.1 Å². The number of rotatable bonds is 13. The lowest BCUT2D eigenvalue weighted by atomic mass is 10.0. The molecule has 0 aliphatic heterocycles. The molecule has 0 aliphatic rings. The van der Waals surface area contributed by atoms with Crippen molar-refractivity contribution in [1.29, 1.82) is 0 Å². The fourth-order valence-corrected chi connectivity index (χ4v) is 2.59. The summed E-state index contributed by atoms with van der Waals surface area (Å²) in [6.45, 7) is 3.32. The van der Waals surface area contributed by atoms with Gasteiger partial charge in [0, 0.05) is 18.1 Å². The molecule has 0 aliphatic carbocycles. The van der Waals surface area contributed by atoms with Gasteiger partial charge in [-0.25, -0.2) is 9.59 Å². The quantitative estimate of drug-likeness (QED) is 0.286. The first kappa shape index (κ1) is 23.9. The lowest BCUT2D eigenvalue weighted by Gasteiger charge is -2.04. The highest BCUT2D eigenvalue weighted by atomic mass is 16.5. The second-order valence-electron chi connectivity index (χ2n) is 6.65. The molecular formula is C22H28O7. The number of allylic oxidation sites excluding steroid dienone is 3. The van der Waals surface area contributed by atoms with Crippen molar-refractivity contribution < 1.29 is 33.8 Å². The molecule has 1 aromatic rings. The summed E-state index contributed by atoms with van der Waals surface area (Å²) in [6.07, 6.45) is 10.9. The van der Waals surface area contributed by atoms with Crippen molar-refractivity contribution in [3.63, 3.8) is 0 Å². The van der Waals surface area contributed by atoms with Crippen molar-refractivity contribution in [2.45, 2.75) is 52.4 Å². The average molecular weight is 404 g/mol. The summed E-state index contributed by atoms with van der Waals surface area (Å²) in [4.78, 5) is 33.6. The molecule has 158 valence electrons. The highest BCUT2D eigenvalue weighted by Crippen LogP contribution is 2.14. The third kappa shape index (κ3) is 10.7. The lowest BCUT2D eigenvalue weighted by Crippen LogP contribution is -2.03. The molecule has 0 fully saturated rings. The minimum absolute atomic E-state index is 0.188. The van der Waals surface area contributed by atoms with Gasteiger partial charge in [0.25, 0.3) is 0 Å². The van der Waals surface area contributed by atoms with E-state index in [4.69, 9.17) is 9.15 Å². The van der Waals surface area contributed by atoms with Crippen molar-refractivity contribution in [2.24, 2.45) is 0 Å². The molecule has 0 saturated heterocycles. The van der Waals surface area contributed by atoms with E-state index in [1.54, 1.807) is 31.6 Å². The Morgan fingerprint density at radius 2 is 1.55 bits per heavy atom. The van der Waals surface area contributed by atoms with Gasteiger partial charge in [-0.1, -0.05) is 18.2 Å². The van der Waals surface area contributed by atoms with Crippen LogP contribution in [0.15, 0.2) is 58.0 Å². The van der Waals surface area contributed by atoms with Gasteiger partial charge in [0.1, 0.15) is 6.61 Å². The number of carboxylic acids is 2. The van der Waals surface area contributed by atoms with E-state index in [2.05, 4.69) is 0 Å². The van der Waals surface area contributed by atoms with E-state index < -0.39 is 11.9 Å². The normalized spacial score (nSPS) is 12.7. The monoisotopic (exact) mass is 404 g/mol. The molecule has 0 saturated carbocycles. The number of hydrogen-bond acceptors (Lipinski definition) is 5. The third-order valence-electron chi connectivity index (χ3n) is 4.17. The molecule has 0 amide bonds. The van der Waals surface area contributed by atoms with Crippen LogP contribution in [0.5, 0.6) is 0 Å². The third-order valence-corrected chi connectivity index (χ3v) is 4.17. The Balaban J connectivity index is 2.55. The second kappa shape index (κ2) is 13.1. The first-order chi connectivity index (χ1) is 13.8. The highest BCUT2D eigenvalue weighted by Gasteiger charge is 2.09. The summed E-state index contributed by atoms with van der Waals surface area (Å²) in [5.41, 5.74) is 2.35. The first-order valence-electron chi connectivity index (χ1n) is 9.44. The Bertz CT molecular complexity index is 767. The van der Waals surface area contributed by atoms with Gasteiger partial charge >= 0.3 is 17.9 Å². The number of esters is 1. The van der Waals surface area contributed by atoms with Crippen LogP contribution in [0.1, 0.15) is 51.5 Å². The molecule has 1 aromatic heterocycles. The number of aryl methyl sites for hydroxylation is 1. The molecule has 0 bridgehead atoms. The van der Waals surface area contributed by atoms with E-state index in [1.165, 1.54) is 6.92 Å². The Morgan fingerprint density at radius 3 is 2.07 bits per heavy atom. The standard InChI is InChI=1S/C22H28O7/c1-16(14-29-17(2)23)6-3-8-19(21(24)25)10-5-11-20(22(26)27)9-4-7-18-12-13-28-15-18/h6,9-10,12-13,15H,3-5,7-8,11,14H2,1-2H3,(H,24,25)(H,26,27)/b16-6-,19-10+,20-9+. The van der Waals surface area contributed by atoms with E-state index in [-0.39, 0.29) is 30.1 Å². The van der Waals surface area contributed by atoms with Crippen molar-refractivity contribution in [3.05, 3.63) is 59.1 Å². The van der Waals surface area contributed by atoms with Gasteiger partial charge in [-0.15, -0.1) is 0 Å². The van der Waals surface area contributed by atoms with Crippen LogP contribution >= 0.6 is 0 Å². The van der Waals surface area contributed by atoms with Gasteiger partial charge < -0.3 is 19.4 Å². The maximum atomic E-state index is 11.4. The van der Waals surface area contributed by atoms with Gasteiger partial charge in [-0.3, -0.25) is 4.79 Å². The molecule has 0 spiro atoms. The van der Waals surface area contributed by atoms with E-state index in [1.807, 2.05) is 12.1 Å². The van der Waals surface area contributed by atoms with Crippen LogP contribution in [0.25, 0.3) is 0 Å². The molecular weight excluding hydrogens is 376 g/mol. The van der Waals surface area contributed by atoms with E-state index in [0.29, 0.717) is 32.1 Å². The van der Waals surface area contributed by atoms with E-state index in [9.17, 15) is 24.6 Å². The Labute approximate surface area is 170 Å². The van der Waals surface area contributed by atoms with Crippen molar-refractivity contribution >= 4 is 17.9 Å². The largest absolute Gasteiger partial charge is 0.478 e. The molecule has 0 aromatic carbocycles. The predicted molar refractivity (Wildman–Crippen MR) is 107 cm³/mol. The van der Waals surface area contributed by atoms with Crippen LogP contribution in [0.4, 0.5) is 0 Å². The van der Waals surface area contributed by atoms with Crippen LogP contribution in [0.3, 0.4) is 0 Å². The van der Waals surface area contributed by atoms with E-state index >= 15 is 0 Å². The summed E-state index contributed by atoms with van der Waals surface area (Å²) in [5, 5.41) is 18.7. The predicted octanol–water partition coefficient (Wildman–Crippen LogP) is 4.30. The Morgan fingerprint density at radius 1 is 0.966 bits per heavy atom. The van der Waals surface area contributed by atoms with Gasteiger partial charge in [0.05, 0.1) is 12.5 Å². The maximum Gasteiger partial charge on any atom is 0.331 e. The smallest absolute Gasteiger partial charge is 0.331 e. The number of furan rings is 1. The summed E-state index contributed by atoms with van der Waals surface area (Å²) >= 11 is 0. The van der Waals surface area contributed by atoms with Crippen LogP contribution in [-0.4, -0.2) is 34.7 Å². The number of carboxylic acid groups (broad SMARTS) is 2. The topological polar surface area (TPSA) is 114 Å².